The van der Waals surface area contributed by atoms with Gasteiger partial charge in [0.05, 0.1) is 25.2 Å². The Balaban J connectivity index is 1.34. The molecule has 15 atom stereocenters. The highest BCUT2D eigenvalue weighted by Crippen LogP contribution is 2.41. The van der Waals surface area contributed by atoms with E-state index in [9.17, 15) is 62.3 Å². The van der Waals surface area contributed by atoms with Gasteiger partial charge in [0.25, 0.3) is 0 Å². The lowest BCUT2D eigenvalue weighted by molar-refractivity contribution is -0.255. The number of carbonyl (C=O) groups excluding carboxylic acids is 13. The van der Waals surface area contributed by atoms with Gasteiger partial charge in [0.15, 0.2) is 72.2 Å². The van der Waals surface area contributed by atoms with Crippen molar-refractivity contribution in [3.63, 3.8) is 0 Å². The van der Waals surface area contributed by atoms with E-state index in [0.29, 0.717) is 0 Å². The first kappa shape index (κ1) is 78.5. The van der Waals surface area contributed by atoms with Gasteiger partial charge in [-0.05, 0) is 0 Å². The summed E-state index contributed by atoms with van der Waals surface area (Å²) in [5.74, 6) is -11.0. The van der Waals surface area contributed by atoms with E-state index in [1.165, 1.54) is 18.2 Å². The zero-order valence-electron chi connectivity index (χ0n) is 56.1. The van der Waals surface area contributed by atoms with Crippen LogP contribution in [0.25, 0.3) is 0 Å². The van der Waals surface area contributed by atoms with Gasteiger partial charge in [0.1, 0.15) is 100.0 Å². The summed E-state index contributed by atoms with van der Waals surface area (Å²) < 4.78 is 125. The summed E-state index contributed by atoms with van der Waals surface area (Å²) in [6, 6.07) is 3.96. The van der Waals surface area contributed by atoms with Crippen LogP contribution in [0.4, 0.5) is 0 Å². The third kappa shape index (κ3) is 23.6. The van der Waals surface area contributed by atoms with Crippen LogP contribution < -0.4 is 0 Å². The summed E-state index contributed by atoms with van der Waals surface area (Å²) in [5, 5.41) is 12.3. The first-order chi connectivity index (χ1) is 46.7. The molecule has 0 aromatic carbocycles. The van der Waals surface area contributed by atoms with Gasteiger partial charge in [0.2, 0.25) is 0 Å². The van der Waals surface area contributed by atoms with E-state index in [-0.39, 0.29) is 34.4 Å². The zero-order valence-corrected chi connectivity index (χ0v) is 56.1. The molecule has 0 amide bonds. The average molecular weight is 1410 g/mol. The molecule has 3 aliphatic rings. The molecule has 3 aliphatic heterocycles. The Morgan fingerprint density at radius 2 is 0.525 bits per heavy atom. The number of aromatic nitrogens is 3. The Morgan fingerprint density at radius 3 is 0.747 bits per heavy atom. The number of esters is 13. The van der Waals surface area contributed by atoms with Crippen molar-refractivity contribution in [2.75, 3.05) is 46.2 Å². The smallest absolute Gasteiger partial charge is 0.303 e. The van der Waals surface area contributed by atoms with E-state index in [2.05, 4.69) is 15.5 Å². The van der Waals surface area contributed by atoms with Gasteiger partial charge < -0.3 is 104 Å². The van der Waals surface area contributed by atoms with Crippen LogP contribution in [0, 0.1) is 5.41 Å². The molecule has 38 nitrogen and oxygen atoms in total. The first-order valence-electron chi connectivity index (χ1n) is 30.4. The minimum Gasteiger partial charge on any atom is -0.465 e. The van der Waals surface area contributed by atoms with Gasteiger partial charge in [-0.1, -0.05) is 15.5 Å². The van der Waals surface area contributed by atoms with E-state index in [0.717, 1.165) is 90.0 Å². The van der Waals surface area contributed by atoms with Gasteiger partial charge in [-0.15, -0.1) is 0 Å². The first-order valence-corrected chi connectivity index (χ1v) is 30.4. The summed E-state index contributed by atoms with van der Waals surface area (Å²) in [5.41, 5.74) is -1.84. The van der Waals surface area contributed by atoms with Gasteiger partial charge in [0, 0.05) is 108 Å². The standard InChI is InChI=1S/C61H77N3O35/c1-27(65)81-20-46-52(85-31(5)69)58(91-37(11)75)55(88-34(8)72)49(94-46)43-14-40(97-62-43)17-78-23-61(26-84-30(4)68,24-79-18-41-15-44(63-98-41)50-56(89-35(9)73)59(92-38(12)76)53(86-32(6)70)47(95-50)21-82-28(2)66)25-80-19-42-16-45(64-99-42)51-57(90-36(10)74)60(93-39(13)77)54(87-33(7)71)48(96-51)22-83-29(3)67/h14-16,46-60H,17-26H2,1-13H3/t46-,47-,48-,49+,50+,51+,52+,53+,54+,55+,56+,57+,58+,59+,60+/m1/s1. The molecular formula is C61H77N3O35. The maximum Gasteiger partial charge on any atom is 0.303 e. The molecule has 3 fully saturated rings. The lowest BCUT2D eigenvalue weighted by Crippen LogP contribution is -2.59. The van der Waals surface area contributed by atoms with Crippen molar-refractivity contribution in [1.29, 1.82) is 0 Å². The fourth-order valence-electron chi connectivity index (χ4n) is 10.6. The van der Waals surface area contributed by atoms with E-state index >= 15 is 0 Å². The lowest BCUT2D eigenvalue weighted by Gasteiger charge is -2.43. The Labute approximate surface area is 563 Å². The zero-order chi connectivity index (χ0) is 73.0. The normalized spacial score (nSPS) is 25.0. The summed E-state index contributed by atoms with van der Waals surface area (Å²) in [4.78, 5) is 161. The highest BCUT2D eigenvalue weighted by molar-refractivity contribution is 5.71. The maximum absolute atomic E-state index is 12.7. The minimum absolute atomic E-state index is 0.0335. The molecule has 0 bridgehead atoms. The van der Waals surface area contributed by atoms with E-state index in [1.54, 1.807) is 0 Å². The third-order valence-corrected chi connectivity index (χ3v) is 14.1. The van der Waals surface area contributed by atoms with Crippen LogP contribution in [0.3, 0.4) is 0 Å². The van der Waals surface area contributed by atoms with Crippen LogP contribution >= 0.6 is 0 Å². The number of nitrogens with zero attached hydrogens (tertiary/aromatic N) is 3. The molecule has 0 unspecified atom stereocenters. The second kappa shape index (κ2) is 36.4. The Morgan fingerprint density at radius 1 is 0.303 bits per heavy atom. The largest absolute Gasteiger partial charge is 0.465 e. The number of rotatable bonds is 32. The summed E-state index contributed by atoms with van der Waals surface area (Å²) >= 11 is 0. The highest BCUT2D eigenvalue weighted by Gasteiger charge is 2.57. The molecule has 3 aromatic heterocycles. The Bertz CT molecular complexity index is 3030. The SMILES string of the molecule is CC(=O)OC[C@H]1O[C@@H](c2cc(COCC(COCc3cc([C@@H]4O[C@H](COC(C)=O)[C@H](OC(C)=O)[C@H](OC(C)=O)[C@H]4OC(C)=O)no3)(COCc3cc([C@@H]4O[C@H](COC(C)=O)[C@H](OC(C)=O)[C@H](OC(C)=O)[C@H]4OC(C)=O)no3)COC(C)=O)on2)[C@H](OC(C)=O)[C@@H](OC(C)=O)[C@H]1OC(C)=O. The molecule has 99 heavy (non-hydrogen) atoms. The predicted octanol–water partition coefficient (Wildman–Crippen LogP) is 1.54. The molecule has 6 rings (SSSR count). The highest BCUT2D eigenvalue weighted by atomic mass is 16.7. The molecule has 0 N–H and O–H groups in total. The average Bonchev–Trinajstić information content (AvgIpc) is 1.73. The number of hydrogen-bond acceptors (Lipinski definition) is 38. The second-order valence-electron chi connectivity index (χ2n) is 22.8. The van der Waals surface area contributed by atoms with Crippen LogP contribution in [0.5, 0.6) is 0 Å². The van der Waals surface area contributed by atoms with Crippen molar-refractivity contribution >= 4 is 77.6 Å². The molecular weight excluding hydrogens is 1330 g/mol. The van der Waals surface area contributed by atoms with E-state index in [4.69, 9.17) is 104 Å². The molecule has 0 aliphatic carbocycles. The van der Waals surface area contributed by atoms with Crippen LogP contribution in [0.1, 0.15) is 143 Å². The third-order valence-electron chi connectivity index (χ3n) is 14.1. The van der Waals surface area contributed by atoms with Gasteiger partial charge in [-0.2, -0.15) is 0 Å². The summed E-state index contributed by atoms with van der Waals surface area (Å²) in [7, 11) is 0. The fraction of sp³-hybridized carbons (Fsp3) is 0.639. The Hall–Kier alpha value is -9.50. The van der Waals surface area contributed by atoms with E-state index in [1.807, 2.05) is 0 Å². The lowest BCUT2D eigenvalue weighted by atomic mass is 9.92. The second-order valence-corrected chi connectivity index (χ2v) is 22.8. The van der Waals surface area contributed by atoms with Gasteiger partial charge in [-0.3, -0.25) is 62.3 Å². The van der Waals surface area contributed by atoms with Crippen molar-refractivity contribution in [2.24, 2.45) is 5.41 Å². The number of ether oxygens (including phenoxy) is 19. The molecule has 3 saturated heterocycles. The molecule has 546 valence electrons. The summed E-state index contributed by atoms with van der Waals surface area (Å²) in [6.45, 7) is 9.03. The molecule has 6 heterocycles. The topological polar surface area (TPSA) is 475 Å². The monoisotopic (exact) mass is 1410 g/mol. The van der Waals surface area contributed by atoms with Crippen molar-refractivity contribution < 1.29 is 166 Å². The molecule has 3 aromatic rings. The van der Waals surface area contributed by atoms with Gasteiger partial charge >= 0.3 is 77.6 Å². The van der Waals surface area contributed by atoms with Crippen molar-refractivity contribution in [3.8, 4) is 0 Å². The minimum atomic E-state index is -1.57. The number of carbonyl (C=O) groups is 13. The van der Waals surface area contributed by atoms with E-state index < -0.39 is 241 Å². The van der Waals surface area contributed by atoms with Crippen LogP contribution in [-0.4, -0.2) is 213 Å². The fourth-order valence-corrected chi connectivity index (χ4v) is 10.6. The summed E-state index contributed by atoms with van der Waals surface area (Å²) in [6.07, 6.45) is -22.2. The maximum atomic E-state index is 12.7. The molecule has 38 heteroatoms. The Kier molecular flexibility index (Phi) is 28.8. The quantitative estimate of drug-likeness (QED) is 0.0632. The number of hydrogen-bond donors (Lipinski definition) is 0. The van der Waals surface area contributed by atoms with Crippen LogP contribution in [0.2, 0.25) is 0 Å². The molecule has 0 radical (unpaired) electrons. The van der Waals surface area contributed by atoms with Crippen molar-refractivity contribution in [3.05, 3.63) is 52.6 Å². The predicted molar refractivity (Wildman–Crippen MR) is 310 cm³/mol. The van der Waals surface area contributed by atoms with Crippen LogP contribution in [0.15, 0.2) is 31.8 Å². The van der Waals surface area contributed by atoms with Crippen LogP contribution in [-0.2, 0) is 172 Å². The molecule has 0 saturated carbocycles. The van der Waals surface area contributed by atoms with Crippen molar-refractivity contribution in [2.45, 2.75) is 201 Å². The molecule has 0 spiro atoms. The van der Waals surface area contributed by atoms with Crippen molar-refractivity contribution in [1.82, 2.24) is 15.5 Å². The van der Waals surface area contributed by atoms with Gasteiger partial charge in [-0.25, -0.2) is 0 Å².